The van der Waals surface area contributed by atoms with E-state index in [-0.39, 0.29) is 0 Å². The molecule has 2 heteroatoms. The lowest BCUT2D eigenvalue weighted by Crippen LogP contribution is -2.32. The Labute approximate surface area is 138 Å². The highest BCUT2D eigenvalue weighted by molar-refractivity contribution is 14.1. The Kier molecular flexibility index (Phi) is 6.82. The minimum absolute atomic E-state index is 0.553. The van der Waals surface area contributed by atoms with E-state index in [9.17, 15) is 0 Å². The van der Waals surface area contributed by atoms with Gasteiger partial charge in [0.15, 0.2) is 0 Å². The van der Waals surface area contributed by atoms with Crippen LogP contribution in [0.4, 0.5) is 0 Å². The first-order chi connectivity index (χ1) is 9.76. The fourth-order valence-electron chi connectivity index (χ4n) is 3.56. The van der Waals surface area contributed by atoms with Crippen LogP contribution < -0.4 is 5.32 Å². The van der Waals surface area contributed by atoms with Gasteiger partial charge in [0.25, 0.3) is 0 Å². The fraction of sp³-hybridized carbons (Fsp3) is 0.667. The van der Waals surface area contributed by atoms with Crippen LogP contribution in [0, 0.1) is 15.4 Å². The van der Waals surface area contributed by atoms with Gasteiger partial charge in [0.1, 0.15) is 0 Å². The van der Waals surface area contributed by atoms with Crippen molar-refractivity contribution in [3.63, 3.8) is 0 Å². The molecule has 0 heterocycles. The van der Waals surface area contributed by atoms with Gasteiger partial charge < -0.3 is 5.32 Å². The van der Waals surface area contributed by atoms with Crippen LogP contribution in [0.25, 0.3) is 0 Å². The van der Waals surface area contributed by atoms with Crippen LogP contribution in [-0.4, -0.2) is 6.54 Å². The Balaban J connectivity index is 2.16. The van der Waals surface area contributed by atoms with E-state index in [4.69, 9.17) is 0 Å². The molecule has 0 aliphatic heterocycles. The van der Waals surface area contributed by atoms with Crippen LogP contribution in [0.5, 0.6) is 0 Å². The predicted molar refractivity (Wildman–Crippen MR) is 95.9 cm³/mol. The van der Waals surface area contributed by atoms with Crippen molar-refractivity contribution in [3.8, 4) is 0 Å². The van der Waals surface area contributed by atoms with Crippen molar-refractivity contribution >= 4 is 22.6 Å². The van der Waals surface area contributed by atoms with E-state index >= 15 is 0 Å². The van der Waals surface area contributed by atoms with E-state index in [2.05, 4.69) is 66.0 Å². The monoisotopic (exact) mass is 385 g/mol. The molecular formula is C18H28IN. The standard InChI is InChI=1S/C18H28IN/c1-3-12-20-18(16-10-5-6-11-17(16)19)15-9-7-8-14(4-2)13-15/h5-6,10-11,14-15,18,20H,3-4,7-9,12-13H2,1-2H3. The van der Waals surface area contributed by atoms with E-state index in [0.29, 0.717) is 6.04 Å². The number of benzene rings is 1. The summed E-state index contributed by atoms with van der Waals surface area (Å²) < 4.78 is 1.41. The molecule has 1 aromatic rings. The number of halogens is 1. The second-order valence-corrected chi connectivity index (χ2v) is 7.32. The third-order valence-corrected chi connectivity index (χ3v) is 5.71. The second-order valence-electron chi connectivity index (χ2n) is 6.15. The number of nitrogens with one attached hydrogen (secondary N) is 1. The Hall–Kier alpha value is -0.0900. The third kappa shape index (κ3) is 4.20. The van der Waals surface area contributed by atoms with Gasteiger partial charge in [-0.3, -0.25) is 0 Å². The van der Waals surface area contributed by atoms with E-state index in [1.54, 1.807) is 0 Å². The summed E-state index contributed by atoms with van der Waals surface area (Å²) >= 11 is 2.50. The second kappa shape index (κ2) is 8.38. The van der Waals surface area contributed by atoms with Crippen LogP contribution >= 0.6 is 22.6 Å². The lowest BCUT2D eigenvalue weighted by atomic mass is 9.75. The average molecular weight is 385 g/mol. The van der Waals surface area contributed by atoms with Crippen molar-refractivity contribution in [2.45, 2.75) is 58.4 Å². The molecule has 0 radical (unpaired) electrons. The summed E-state index contributed by atoms with van der Waals surface area (Å²) in [5.41, 5.74) is 1.52. The van der Waals surface area contributed by atoms with Crippen LogP contribution in [0.1, 0.15) is 64.0 Å². The predicted octanol–water partition coefficient (Wildman–Crippen LogP) is 5.55. The molecule has 1 saturated carbocycles. The lowest BCUT2D eigenvalue weighted by molar-refractivity contribution is 0.209. The zero-order valence-electron chi connectivity index (χ0n) is 12.9. The SMILES string of the molecule is CCCNC(c1ccccc1I)C1CCCC(CC)C1. The first kappa shape index (κ1) is 16.3. The molecule has 3 unspecified atom stereocenters. The summed E-state index contributed by atoms with van der Waals surface area (Å²) in [6.45, 7) is 5.74. The summed E-state index contributed by atoms with van der Waals surface area (Å²) in [5, 5.41) is 3.84. The molecule has 112 valence electrons. The van der Waals surface area contributed by atoms with Crippen molar-refractivity contribution in [1.29, 1.82) is 0 Å². The molecule has 0 amide bonds. The average Bonchev–Trinajstić information content (AvgIpc) is 2.49. The smallest absolute Gasteiger partial charge is 0.0359 e. The molecular weight excluding hydrogens is 357 g/mol. The third-order valence-electron chi connectivity index (χ3n) is 4.73. The highest BCUT2D eigenvalue weighted by atomic mass is 127. The van der Waals surface area contributed by atoms with Crippen LogP contribution in [-0.2, 0) is 0 Å². The molecule has 1 aliphatic carbocycles. The molecule has 1 aliphatic rings. The van der Waals surface area contributed by atoms with Gasteiger partial charge in [0.2, 0.25) is 0 Å². The maximum absolute atomic E-state index is 3.84. The molecule has 1 nitrogen and oxygen atoms in total. The molecule has 0 spiro atoms. The summed E-state index contributed by atoms with van der Waals surface area (Å²) in [6, 6.07) is 9.47. The van der Waals surface area contributed by atoms with E-state index in [0.717, 1.165) is 18.4 Å². The first-order valence-electron chi connectivity index (χ1n) is 8.24. The van der Waals surface area contributed by atoms with Crippen LogP contribution in [0.3, 0.4) is 0 Å². The van der Waals surface area contributed by atoms with E-state index in [1.807, 2.05) is 0 Å². The van der Waals surface area contributed by atoms with Gasteiger partial charge in [-0.15, -0.1) is 0 Å². The zero-order chi connectivity index (χ0) is 14.4. The number of hydrogen-bond acceptors (Lipinski definition) is 1. The van der Waals surface area contributed by atoms with Gasteiger partial charge in [-0.05, 0) is 71.9 Å². The van der Waals surface area contributed by atoms with Gasteiger partial charge in [-0.1, -0.05) is 51.3 Å². The Morgan fingerprint density at radius 2 is 2.05 bits per heavy atom. The Morgan fingerprint density at radius 1 is 1.25 bits per heavy atom. The summed E-state index contributed by atoms with van der Waals surface area (Å²) in [6.07, 6.45) is 8.22. The van der Waals surface area contributed by atoms with Crippen molar-refractivity contribution in [2.24, 2.45) is 11.8 Å². The summed E-state index contributed by atoms with van der Waals surface area (Å²) in [4.78, 5) is 0. The van der Waals surface area contributed by atoms with Crippen molar-refractivity contribution in [1.82, 2.24) is 5.32 Å². The van der Waals surface area contributed by atoms with E-state index < -0.39 is 0 Å². The first-order valence-corrected chi connectivity index (χ1v) is 9.31. The minimum Gasteiger partial charge on any atom is -0.310 e. The van der Waals surface area contributed by atoms with Crippen molar-refractivity contribution in [2.75, 3.05) is 6.54 Å². The van der Waals surface area contributed by atoms with Crippen LogP contribution in [0.15, 0.2) is 24.3 Å². The molecule has 1 fully saturated rings. The maximum Gasteiger partial charge on any atom is 0.0359 e. The Bertz CT molecular complexity index is 404. The van der Waals surface area contributed by atoms with Crippen molar-refractivity contribution < 1.29 is 0 Å². The molecule has 0 bridgehead atoms. The molecule has 20 heavy (non-hydrogen) atoms. The van der Waals surface area contributed by atoms with Gasteiger partial charge in [-0.2, -0.15) is 0 Å². The number of rotatable bonds is 6. The fourth-order valence-corrected chi connectivity index (χ4v) is 4.29. The highest BCUT2D eigenvalue weighted by Crippen LogP contribution is 2.39. The Morgan fingerprint density at radius 3 is 2.75 bits per heavy atom. The number of hydrogen-bond donors (Lipinski definition) is 1. The van der Waals surface area contributed by atoms with Gasteiger partial charge in [0, 0.05) is 9.61 Å². The van der Waals surface area contributed by atoms with E-state index in [1.165, 1.54) is 47.7 Å². The largest absolute Gasteiger partial charge is 0.310 e. The van der Waals surface area contributed by atoms with Gasteiger partial charge >= 0.3 is 0 Å². The summed E-state index contributed by atoms with van der Waals surface area (Å²) in [7, 11) is 0. The quantitative estimate of drug-likeness (QED) is 0.634. The molecule has 0 saturated heterocycles. The molecule has 1 aromatic carbocycles. The highest BCUT2D eigenvalue weighted by Gasteiger charge is 2.29. The topological polar surface area (TPSA) is 12.0 Å². The molecule has 0 aromatic heterocycles. The normalized spacial score (nSPS) is 24.6. The molecule has 2 rings (SSSR count). The molecule has 3 atom stereocenters. The lowest BCUT2D eigenvalue weighted by Gasteiger charge is -2.35. The van der Waals surface area contributed by atoms with Gasteiger partial charge in [0.05, 0.1) is 0 Å². The van der Waals surface area contributed by atoms with Crippen LogP contribution in [0.2, 0.25) is 0 Å². The van der Waals surface area contributed by atoms with Gasteiger partial charge in [-0.25, -0.2) is 0 Å². The zero-order valence-corrected chi connectivity index (χ0v) is 15.0. The summed E-state index contributed by atoms with van der Waals surface area (Å²) in [5.74, 6) is 1.76. The maximum atomic E-state index is 3.84. The van der Waals surface area contributed by atoms with Crippen molar-refractivity contribution in [3.05, 3.63) is 33.4 Å². The minimum atomic E-state index is 0.553. The molecule has 1 N–H and O–H groups in total.